The van der Waals surface area contributed by atoms with Crippen LogP contribution in [-0.2, 0) is 19.6 Å². The first-order chi connectivity index (χ1) is 9.24. The van der Waals surface area contributed by atoms with E-state index in [9.17, 15) is 4.39 Å². The second-order valence-electron chi connectivity index (χ2n) is 4.51. The van der Waals surface area contributed by atoms with Gasteiger partial charge in [-0.2, -0.15) is 10.2 Å². The quantitative estimate of drug-likeness (QED) is 0.836. The van der Waals surface area contributed by atoms with E-state index >= 15 is 0 Å². The van der Waals surface area contributed by atoms with Gasteiger partial charge in [-0.15, -0.1) is 0 Å². The Labute approximate surface area is 112 Å². The van der Waals surface area contributed by atoms with Gasteiger partial charge in [0.25, 0.3) is 0 Å². The van der Waals surface area contributed by atoms with Crippen LogP contribution in [0.25, 0.3) is 0 Å². The molecule has 0 aliphatic carbocycles. The molecular formula is C13H20FN5. The molecule has 19 heavy (non-hydrogen) atoms. The van der Waals surface area contributed by atoms with Crippen molar-refractivity contribution >= 4 is 5.82 Å². The third-order valence-electron chi connectivity index (χ3n) is 2.94. The minimum absolute atomic E-state index is 0.302. The van der Waals surface area contributed by atoms with E-state index in [1.165, 1.54) is 0 Å². The van der Waals surface area contributed by atoms with Gasteiger partial charge in [-0.05, 0) is 19.4 Å². The van der Waals surface area contributed by atoms with E-state index in [-0.39, 0.29) is 0 Å². The number of nitrogens with zero attached hydrogens (tertiary/aromatic N) is 4. The maximum atomic E-state index is 12.3. The number of rotatable bonds is 7. The molecule has 0 unspecified atom stereocenters. The third-order valence-corrected chi connectivity index (χ3v) is 2.94. The molecule has 2 rings (SSSR count). The molecule has 0 aliphatic heterocycles. The molecule has 0 atom stereocenters. The largest absolute Gasteiger partial charge is 0.363 e. The molecule has 2 aromatic rings. The molecule has 0 saturated carbocycles. The van der Waals surface area contributed by atoms with Crippen molar-refractivity contribution in [2.24, 2.45) is 0 Å². The fraction of sp³-hybridized carbons (Fsp3) is 0.538. The average molecular weight is 265 g/mol. The second-order valence-corrected chi connectivity index (χ2v) is 4.51. The van der Waals surface area contributed by atoms with Crippen LogP contribution in [0.3, 0.4) is 0 Å². The minimum atomic E-state index is -0.399. The predicted octanol–water partition coefficient (Wildman–Crippen LogP) is 2.38. The molecule has 2 aromatic heterocycles. The highest BCUT2D eigenvalue weighted by Gasteiger charge is 2.06. The van der Waals surface area contributed by atoms with E-state index in [0.717, 1.165) is 30.0 Å². The first-order valence-electron chi connectivity index (χ1n) is 6.59. The summed E-state index contributed by atoms with van der Waals surface area (Å²) in [6.45, 7) is 5.59. The third kappa shape index (κ3) is 3.33. The Morgan fingerprint density at radius 1 is 1.37 bits per heavy atom. The zero-order valence-corrected chi connectivity index (χ0v) is 11.4. The first kappa shape index (κ1) is 13.6. The molecule has 0 fully saturated rings. The summed E-state index contributed by atoms with van der Waals surface area (Å²) in [7, 11) is 0. The van der Waals surface area contributed by atoms with Gasteiger partial charge in [0.15, 0.2) is 5.82 Å². The van der Waals surface area contributed by atoms with E-state index in [1.807, 2.05) is 23.9 Å². The van der Waals surface area contributed by atoms with Gasteiger partial charge >= 0.3 is 0 Å². The standard InChI is InChI=1S/C13H20FN5/c1-3-7-19-12(4-6-16-19)9-15-13-11(2)10-18(17-13)8-5-14/h4,6,10H,3,5,7-9H2,1-2H3,(H,15,17). The van der Waals surface area contributed by atoms with E-state index in [4.69, 9.17) is 0 Å². The molecule has 1 N–H and O–H groups in total. The fourth-order valence-corrected chi connectivity index (χ4v) is 1.99. The Hall–Kier alpha value is -1.85. The highest BCUT2D eigenvalue weighted by Crippen LogP contribution is 2.13. The van der Waals surface area contributed by atoms with Crippen molar-refractivity contribution in [1.82, 2.24) is 19.6 Å². The lowest BCUT2D eigenvalue weighted by Crippen LogP contribution is -2.10. The predicted molar refractivity (Wildman–Crippen MR) is 72.8 cm³/mol. The summed E-state index contributed by atoms with van der Waals surface area (Å²) >= 11 is 0. The summed E-state index contributed by atoms with van der Waals surface area (Å²) < 4.78 is 15.9. The number of aromatic nitrogens is 4. The van der Waals surface area contributed by atoms with Crippen LogP contribution in [0.1, 0.15) is 24.6 Å². The molecule has 0 radical (unpaired) electrons. The number of alkyl halides is 1. The van der Waals surface area contributed by atoms with E-state index in [2.05, 4.69) is 22.4 Å². The molecule has 5 nitrogen and oxygen atoms in total. The minimum Gasteiger partial charge on any atom is -0.363 e. The second kappa shape index (κ2) is 6.36. The average Bonchev–Trinajstić information content (AvgIpc) is 2.95. The summed E-state index contributed by atoms with van der Waals surface area (Å²) in [5.41, 5.74) is 2.15. The molecular weight excluding hydrogens is 245 g/mol. The Bertz CT molecular complexity index is 517. The number of halogens is 1. The Morgan fingerprint density at radius 2 is 2.21 bits per heavy atom. The normalized spacial score (nSPS) is 10.9. The lowest BCUT2D eigenvalue weighted by molar-refractivity contribution is 0.427. The topological polar surface area (TPSA) is 47.7 Å². The van der Waals surface area contributed by atoms with Crippen molar-refractivity contribution in [3.8, 4) is 0 Å². The molecule has 0 saturated heterocycles. The van der Waals surface area contributed by atoms with Gasteiger partial charge in [0, 0.05) is 24.5 Å². The van der Waals surface area contributed by atoms with Gasteiger partial charge in [0.2, 0.25) is 0 Å². The molecule has 0 spiro atoms. The van der Waals surface area contributed by atoms with Crippen molar-refractivity contribution in [2.45, 2.75) is 39.9 Å². The van der Waals surface area contributed by atoms with Gasteiger partial charge < -0.3 is 5.32 Å². The summed E-state index contributed by atoms with van der Waals surface area (Å²) in [6, 6.07) is 2.00. The zero-order chi connectivity index (χ0) is 13.7. The SMILES string of the molecule is CCCn1nccc1CNc1nn(CCF)cc1C. The lowest BCUT2D eigenvalue weighted by Gasteiger charge is -2.07. The van der Waals surface area contributed by atoms with Crippen LogP contribution < -0.4 is 5.32 Å². The van der Waals surface area contributed by atoms with Crippen LogP contribution in [0.4, 0.5) is 10.2 Å². The number of nitrogens with one attached hydrogen (secondary N) is 1. The molecule has 0 amide bonds. The van der Waals surface area contributed by atoms with E-state index in [0.29, 0.717) is 13.1 Å². The smallest absolute Gasteiger partial charge is 0.151 e. The molecule has 0 aliphatic rings. The molecule has 104 valence electrons. The molecule has 6 heteroatoms. The van der Waals surface area contributed by atoms with Crippen LogP contribution in [0.2, 0.25) is 0 Å². The highest BCUT2D eigenvalue weighted by atomic mass is 19.1. The van der Waals surface area contributed by atoms with Crippen LogP contribution >= 0.6 is 0 Å². The first-order valence-corrected chi connectivity index (χ1v) is 6.59. The molecule has 0 bridgehead atoms. The van der Waals surface area contributed by atoms with Crippen LogP contribution in [0.15, 0.2) is 18.5 Å². The van der Waals surface area contributed by atoms with Gasteiger partial charge in [-0.25, -0.2) is 4.39 Å². The molecule has 2 heterocycles. The summed E-state index contributed by atoms with van der Waals surface area (Å²) in [5, 5.41) is 11.9. The van der Waals surface area contributed by atoms with Gasteiger partial charge in [0.1, 0.15) is 6.67 Å². The fourth-order valence-electron chi connectivity index (χ4n) is 1.99. The molecule has 0 aromatic carbocycles. The van der Waals surface area contributed by atoms with Gasteiger partial charge in [0.05, 0.1) is 18.8 Å². The van der Waals surface area contributed by atoms with Crippen LogP contribution in [0, 0.1) is 6.92 Å². The number of aryl methyl sites for hydroxylation is 3. The number of hydrogen-bond donors (Lipinski definition) is 1. The zero-order valence-electron chi connectivity index (χ0n) is 11.4. The summed E-state index contributed by atoms with van der Waals surface area (Å²) in [5.74, 6) is 0.803. The van der Waals surface area contributed by atoms with Gasteiger partial charge in [-0.3, -0.25) is 9.36 Å². The van der Waals surface area contributed by atoms with Crippen molar-refractivity contribution in [3.63, 3.8) is 0 Å². The van der Waals surface area contributed by atoms with Crippen LogP contribution in [-0.4, -0.2) is 26.2 Å². The highest BCUT2D eigenvalue weighted by molar-refractivity contribution is 5.42. The van der Waals surface area contributed by atoms with E-state index in [1.54, 1.807) is 10.9 Å². The monoisotopic (exact) mass is 265 g/mol. The van der Waals surface area contributed by atoms with E-state index < -0.39 is 6.67 Å². The van der Waals surface area contributed by atoms with Crippen molar-refractivity contribution in [1.29, 1.82) is 0 Å². The maximum Gasteiger partial charge on any atom is 0.151 e. The summed E-state index contributed by atoms with van der Waals surface area (Å²) in [4.78, 5) is 0. The number of anilines is 1. The Balaban J connectivity index is 1.99. The number of hydrogen-bond acceptors (Lipinski definition) is 3. The Morgan fingerprint density at radius 3 is 2.95 bits per heavy atom. The van der Waals surface area contributed by atoms with Crippen molar-refractivity contribution in [2.75, 3.05) is 12.0 Å². The van der Waals surface area contributed by atoms with Gasteiger partial charge in [-0.1, -0.05) is 6.92 Å². The maximum absolute atomic E-state index is 12.3. The Kier molecular flexibility index (Phi) is 4.54. The van der Waals surface area contributed by atoms with Crippen molar-refractivity contribution in [3.05, 3.63) is 29.7 Å². The summed E-state index contributed by atoms with van der Waals surface area (Å²) in [6.07, 6.45) is 4.71. The van der Waals surface area contributed by atoms with Crippen molar-refractivity contribution < 1.29 is 4.39 Å². The van der Waals surface area contributed by atoms with Crippen LogP contribution in [0.5, 0.6) is 0 Å². The lowest BCUT2D eigenvalue weighted by atomic mass is 10.3.